The van der Waals surface area contributed by atoms with E-state index in [1.54, 1.807) is 0 Å². The number of ether oxygens (including phenoxy) is 1. The monoisotopic (exact) mass is 283 g/mol. The fraction of sp³-hybridized carbons (Fsp3) is 0.368. The van der Waals surface area contributed by atoms with Crippen LogP contribution in [0.5, 0.6) is 5.75 Å². The predicted molar refractivity (Wildman–Crippen MR) is 88.7 cm³/mol. The van der Waals surface area contributed by atoms with E-state index in [4.69, 9.17) is 4.74 Å². The van der Waals surface area contributed by atoms with Gasteiger partial charge in [0.05, 0.1) is 0 Å². The molecule has 0 aromatic heterocycles. The van der Waals surface area contributed by atoms with Crippen molar-refractivity contribution in [1.29, 1.82) is 0 Å². The van der Waals surface area contributed by atoms with Gasteiger partial charge in [-0.2, -0.15) is 0 Å². The van der Waals surface area contributed by atoms with Crippen LogP contribution in [0.15, 0.2) is 48.5 Å². The van der Waals surface area contributed by atoms with Gasteiger partial charge in [0.15, 0.2) is 0 Å². The van der Waals surface area contributed by atoms with Gasteiger partial charge in [-0.3, -0.25) is 0 Å². The zero-order valence-electron chi connectivity index (χ0n) is 13.2. The SMILES string of the molecule is CCc1ccc(COc2ccccc2C(CC)NC)cc1. The summed E-state index contributed by atoms with van der Waals surface area (Å²) in [4.78, 5) is 0. The van der Waals surface area contributed by atoms with Gasteiger partial charge >= 0.3 is 0 Å². The molecule has 2 aromatic rings. The van der Waals surface area contributed by atoms with Gasteiger partial charge in [-0.25, -0.2) is 0 Å². The summed E-state index contributed by atoms with van der Waals surface area (Å²) in [7, 11) is 1.99. The molecule has 1 unspecified atom stereocenters. The summed E-state index contributed by atoms with van der Waals surface area (Å²) in [6.07, 6.45) is 2.12. The standard InChI is InChI=1S/C19H25NO/c1-4-15-10-12-16(13-11-15)14-21-19-9-7-6-8-17(19)18(5-2)20-3/h6-13,18,20H,4-5,14H2,1-3H3. The van der Waals surface area contributed by atoms with Gasteiger partial charge in [0.1, 0.15) is 12.4 Å². The van der Waals surface area contributed by atoms with E-state index < -0.39 is 0 Å². The minimum atomic E-state index is 0.337. The maximum atomic E-state index is 6.04. The van der Waals surface area contributed by atoms with Gasteiger partial charge in [0.25, 0.3) is 0 Å². The van der Waals surface area contributed by atoms with Gasteiger partial charge in [0.2, 0.25) is 0 Å². The van der Waals surface area contributed by atoms with Crippen LogP contribution in [0.1, 0.15) is 43.0 Å². The molecule has 0 aliphatic carbocycles. The first-order valence-electron chi connectivity index (χ1n) is 7.75. The summed E-state index contributed by atoms with van der Waals surface area (Å²) in [5.74, 6) is 0.971. The Morgan fingerprint density at radius 2 is 1.62 bits per heavy atom. The molecule has 112 valence electrons. The number of nitrogens with one attached hydrogen (secondary N) is 1. The third-order valence-electron chi connectivity index (χ3n) is 3.88. The van der Waals surface area contributed by atoms with Crippen molar-refractivity contribution >= 4 is 0 Å². The lowest BCUT2D eigenvalue weighted by atomic mass is 10.0. The molecule has 1 atom stereocenters. The highest BCUT2D eigenvalue weighted by atomic mass is 16.5. The Labute approximate surface area is 128 Å². The van der Waals surface area contributed by atoms with Crippen LogP contribution in [-0.2, 0) is 13.0 Å². The number of aryl methyl sites for hydroxylation is 1. The maximum Gasteiger partial charge on any atom is 0.124 e. The van der Waals surface area contributed by atoms with Crippen LogP contribution >= 0.6 is 0 Å². The lowest BCUT2D eigenvalue weighted by Gasteiger charge is -2.18. The zero-order chi connectivity index (χ0) is 15.1. The van der Waals surface area contributed by atoms with Crippen LogP contribution in [0.3, 0.4) is 0 Å². The molecule has 2 heteroatoms. The molecule has 2 aromatic carbocycles. The molecule has 2 nitrogen and oxygen atoms in total. The smallest absolute Gasteiger partial charge is 0.124 e. The van der Waals surface area contributed by atoms with E-state index in [0.29, 0.717) is 12.6 Å². The minimum absolute atomic E-state index is 0.337. The first-order chi connectivity index (χ1) is 10.3. The quantitative estimate of drug-likeness (QED) is 0.808. The van der Waals surface area contributed by atoms with Crippen LogP contribution in [0, 0.1) is 0 Å². The Kier molecular flexibility index (Phi) is 5.82. The molecule has 0 radical (unpaired) electrons. The Morgan fingerprint density at radius 3 is 2.24 bits per heavy atom. The molecule has 0 spiro atoms. The van der Waals surface area contributed by atoms with Crippen molar-refractivity contribution in [2.24, 2.45) is 0 Å². The van der Waals surface area contributed by atoms with Crippen LogP contribution in [-0.4, -0.2) is 7.05 Å². The minimum Gasteiger partial charge on any atom is -0.489 e. The molecule has 0 fully saturated rings. The number of para-hydroxylation sites is 1. The van der Waals surface area contributed by atoms with Crippen molar-refractivity contribution < 1.29 is 4.74 Å². The van der Waals surface area contributed by atoms with E-state index in [1.807, 2.05) is 13.1 Å². The topological polar surface area (TPSA) is 21.3 Å². The van der Waals surface area contributed by atoms with Crippen molar-refractivity contribution in [3.05, 3.63) is 65.2 Å². The average molecular weight is 283 g/mol. The second-order valence-electron chi connectivity index (χ2n) is 5.25. The van der Waals surface area contributed by atoms with Crippen molar-refractivity contribution in [1.82, 2.24) is 5.32 Å². The lowest BCUT2D eigenvalue weighted by molar-refractivity contribution is 0.299. The van der Waals surface area contributed by atoms with E-state index in [2.05, 4.69) is 61.6 Å². The van der Waals surface area contributed by atoms with E-state index >= 15 is 0 Å². The van der Waals surface area contributed by atoms with E-state index in [1.165, 1.54) is 16.7 Å². The van der Waals surface area contributed by atoms with Crippen LogP contribution in [0.25, 0.3) is 0 Å². The van der Waals surface area contributed by atoms with Gasteiger partial charge in [-0.1, -0.05) is 56.3 Å². The molecule has 2 rings (SSSR count). The highest BCUT2D eigenvalue weighted by Crippen LogP contribution is 2.27. The van der Waals surface area contributed by atoms with Gasteiger partial charge in [-0.15, -0.1) is 0 Å². The van der Waals surface area contributed by atoms with Gasteiger partial charge in [0, 0.05) is 11.6 Å². The Hall–Kier alpha value is -1.80. The third-order valence-corrected chi connectivity index (χ3v) is 3.88. The van der Waals surface area contributed by atoms with Gasteiger partial charge < -0.3 is 10.1 Å². The fourth-order valence-corrected chi connectivity index (χ4v) is 2.51. The van der Waals surface area contributed by atoms with Gasteiger partial charge in [-0.05, 0) is 37.1 Å². The second-order valence-corrected chi connectivity index (χ2v) is 5.25. The maximum absolute atomic E-state index is 6.04. The summed E-state index contributed by atoms with van der Waals surface area (Å²) in [5, 5.41) is 3.34. The predicted octanol–water partition coefficient (Wildman–Crippen LogP) is 4.50. The fourth-order valence-electron chi connectivity index (χ4n) is 2.51. The van der Waals surface area contributed by atoms with E-state index in [-0.39, 0.29) is 0 Å². The van der Waals surface area contributed by atoms with E-state index in [9.17, 15) is 0 Å². The first-order valence-corrected chi connectivity index (χ1v) is 7.75. The summed E-state index contributed by atoms with van der Waals surface area (Å²) in [5.41, 5.74) is 3.80. The van der Waals surface area contributed by atoms with Crippen molar-refractivity contribution in [2.45, 2.75) is 39.3 Å². The number of rotatable bonds is 7. The highest BCUT2D eigenvalue weighted by Gasteiger charge is 2.12. The Morgan fingerprint density at radius 1 is 0.952 bits per heavy atom. The number of benzene rings is 2. The van der Waals surface area contributed by atoms with Crippen molar-refractivity contribution in [3.8, 4) is 5.75 Å². The molecular formula is C19H25NO. The normalized spacial score (nSPS) is 12.1. The molecule has 0 heterocycles. The first kappa shape index (κ1) is 15.6. The molecule has 0 saturated heterocycles. The molecule has 0 aliphatic heterocycles. The van der Waals surface area contributed by atoms with Crippen molar-refractivity contribution in [3.63, 3.8) is 0 Å². The van der Waals surface area contributed by atoms with E-state index in [0.717, 1.165) is 18.6 Å². The summed E-state index contributed by atoms with van der Waals surface area (Å²) in [6.45, 7) is 4.97. The summed E-state index contributed by atoms with van der Waals surface area (Å²) < 4.78 is 6.04. The summed E-state index contributed by atoms with van der Waals surface area (Å²) >= 11 is 0. The third kappa shape index (κ3) is 4.08. The molecule has 0 saturated carbocycles. The number of hydrogen-bond donors (Lipinski definition) is 1. The molecule has 21 heavy (non-hydrogen) atoms. The van der Waals surface area contributed by atoms with Crippen LogP contribution in [0.4, 0.5) is 0 Å². The second kappa shape index (κ2) is 7.84. The average Bonchev–Trinajstić information content (AvgIpc) is 2.55. The lowest BCUT2D eigenvalue weighted by Crippen LogP contribution is -2.16. The number of hydrogen-bond acceptors (Lipinski definition) is 2. The Bertz CT molecular complexity index is 544. The molecule has 0 bridgehead atoms. The largest absolute Gasteiger partial charge is 0.489 e. The Balaban J connectivity index is 2.08. The van der Waals surface area contributed by atoms with Crippen molar-refractivity contribution in [2.75, 3.05) is 7.05 Å². The molecule has 0 amide bonds. The molecule has 1 N–H and O–H groups in total. The summed E-state index contributed by atoms with van der Waals surface area (Å²) in [6, 6.07) is 17.3. The van der Waals surface area contributed by atoms with Crippen LogP contribution in [0.2, 0.25) is 0 Å². The molecular weight excluding hydrogens is 258 g/mol. The highest BCUT2D eigenvalue weighted by molar-refractivity contribution is 5.36. The zero-order valence-corrected chi connectivity index (χ0v) is 13.2. The van der Waals surface area contributed by atoms with Crippen LogP contribution < -0.4 is 10.1 Å². The molecule has 0 aliphatic rings.